The minimum atomic E-state index is 0.576. The first-order valence-corrected chi connectivity index (χ1v) is 6.52. The van der Waals surface area contributed by atoms with Crippen LogP contribution < -0.4 is 0 Å². The van der Waals surface area contributed by atoms with E-state index in [0.29, 0.717) is 6.04 Å². The molecule has 4 heteroatoms. The molecule has 2 heterocycles. The minimum absolute atomic E-state index is 0.576. The molecule has 0 unspecified atom stereocenters. The van der Waals surface area contributed by atoms with Crippen molar-refractivity contribution >= 4 is 0 Å². The number of piperidine rings is 1. The predicted molar refractivity (Wildman–Crippen MR) is 70.0 cm³/mol. The van der Waals surface area contributed by atoms with Gasteiger partial charge in [0.1, 0.15) is 12.7 Å². The number of benzene rings is 1. The highest BCUT2D eigenvalue weighted by atomic mass is 15.3. The van der Waals surface area contributed by atoms with Gasteiger partial charge in [-0.05, 0) is 18.4 Å². The lowest BCUT2D eigenvalue weighted by atomic mass is 10.0. The number of hydrogen-bond donors (Lipinski definition) is 0. The lowest BCUT2D eigenvalue weighted by Gasteiger charge is -2.32. The Labute approximate surface area is 107 Å². The molecule has 4 nitrogen and oxygen atoms in total. The van der Waals surface area contributed by atoms with Crippen LogP contribution in [0.15, 0.2) is 43.0 Å². The molecule has 0 radical (unpaired) electrons. The number of likely N-dealkylation sites (tertiary alicyclic amines) is 1. The number of hydrogen-bond acceptors (Lipinski definition) is 3. The third-order valence-corrected chi connectivity index (χ3v) is 3.66. The molecular formula is C14H18N4. The van der Waals surface area contributed by atoms with Gasteiger partial charge in [0.2, 0.25) is 0 Å². The van der Waals surface area contributed by atoms with Gasteiger partial charge in [-0.25, -0.2) is 0 Å². The van der Waals surface area contributed by atoms with Crippen molar-refractivity contribution in [3.63, 3.8) is 0 Å². The maximum atomic E-state index is 3.88. The van der Waals surface area contributed by atoms with Crippen molar-refractivity contribution < 1.29 is 0 Å². The fourth-order valence-corrected chi connectivity index (χ4v) is 2.61. The van der Waals surface area contributed by atoms with Gasteiger partial charge in [-0.1, -0.05) is 30.3 Å². The second kappa shape index (κ2) is 5.31. The molecule has 1 aromatic heterocycles. The maximum absolute atomic E-state index is 3.88. The molecule has 0 saturated carbocycles. The van der Waals surface area contributed by atoms with Crippen LogP contribution in [0.4, 0.5) is 0 Å². The topological polar surface area (TPSA) is 34.0 Å². The first-order valence-electron chi connectivity index (χ1n) is 6.52. The average Bonchev–Trinajstić information content (AvgIpc) is 2.95. The zero-order valence-corrected chi connectivity index (χ0v) is 10.4. The van der Waals surface area contributed by atoms with Crippen molar-refractivity contribution in [2.45, 2.75) is 25.4 Å². The first kappa shape index (κ1) is 11.4. The molecule has 0 N–H and O–H groups in total. The summed E-state index contributed by atoms with van der Waals surface area (Å²) in [5.74, 6) is 0. The van der Waals surface area contributed by atoms with Crippen molar-refractivity contribution in [3.05, 3.63) is 48.5 Å². The predicted octanol–water partition coefficient (Wildman–Crippen LogP) is 2.12. The Balaban J connectivity index is 1.54. The molecule has 0 spiro atoms. The summed E-state index contributed by atoms with van der Waals surface area (Å²) in [6.45, 7) is 3.37. The highest BCUT2D eigenvalue weighted by molar-refractivity contribution is 5.14. The molecule has 1 aromatic carbocycles. The van der Waals surface area contributed by atoms with Crippen LogP contribution in [0.3, 0.4) is 0 Å². The van der Waals surface area contributed by atoms with Crippen LogP contribution in [0.1, 0.15) is 24.4 Å². The van der Waals surface area contributed by atoms with E-state index in [9.17, 15) is 0 Å². The highest BCUT2D eigenvalue weighted by Gasteiger charge is 2.20. The molecule has 0 atom stereocenters. The molecule has 1 aliphatic heterocycles. The minimum Gasteiger partial charge on any atom is -0.317 e. The Morgan fingerprint density at radius 1 is 1.00 bits per heavy atom. The first-order chi connectivity index (χ1) is 8.92. The van der Waals surface area contributed by atoms with E-state index in [2.05, 4.69) is 50.0 Å². The van der Waals surface area contributed by atoms with Crippen molar-refractivity contribution in [1.82, 2.24) is 19.7 Å². The third-order valence-electron chi connectivity index (χ3n) is 3.66. The summed E-state index contributed by atoms with van der Waals surface area (Å²) in [6.07, 6.45) is 6.03. The highest BCUT2D eigenvalue weighted by Crippen LogP contribution is 2.22. The largest absolute Gasteiger partial charge is 0.317 e. The van der Waals surface area contributed by atoms with Gasteiger partial charge in [0.15, 0.2) is 0 Å². The molecule has 2 aromatic rings. The Kier molecular flexibility index (Phi) is 3.37. The Hall–Kier alpha value is -1.68. The standard InChI is InChI=1S/C14H18N4/c1-2-4-13(5-3-1)10-17-8-6-14(7-9-17)18-11-15-16-12-18/h1-5,11-12,14H,6-10H2. The Morgan fingerprint density at radius 2 is 1.67 bits per heavy atom. The summed E-state index contributed by atoms with van der Waals surface area (Å²) >= 11 is 0. The Morgan fingerprint density at radius 3 is 2.33 bits per heavy atom. The van der Waals surface area contributed by atoms with Crippen LogP contribution in [0, 0.1) is 0 Å². The molecule has 1 fully saturated rings. The van der Waals surface area contributed by atoms with E-state index in [1.165, 1.54) is 18.4 Å². The van der Waals surface area contributed by atoms with E-state index >= 15 is 0 Å². The SMILES string of the molecule is c1ccc(CN2CCC(n3cnnc3)CC2)cc1. The van der Waals surface area contributed by atoms with Crippen molar-refractivity contribution in [2.75, 3.05) is 13.1 Å². The van der Waals surface area contributed by atoms with E-state index < -0.39 is 0 Å². The monoisotopic (exact) mass is 242 g/mol. The van der Waals surface area contributed by atoms with Crippen molar-refractivity contribution in [2.24, 2.45) is 0 Å². The van der Waals surface area contributed by atoms with Crippen molar-refractivity contribution in [1.29, 1.82) is 0 Å². The fraction of sp³-hybridized carbons (Fsp3) is 0.429. The molecule has 0 bridgehead atoms. The number of nitrogens with zero attached hydrogens (tertiary/aromatic N) is 4. The molecule has 0 aliphatic carbocycles. The zero-order chi connectivity index (χ0) is 12.2. The van der Waals surface area contributed by atoms with E-state index in [1.54, 1.807) is 0 Å². The van der Waals surface area contributed by atoms with Crippen molar-refractivity contribution in [3.8, 4) is 0 Å². The van der Waals surface area contributed by atoms with Crippen LogP contribution in [-0.2, 0) is 6.54 Å². The van der Waals surface area contributed by atoms with Gasteiger partial charge in [-0.2, -0.15) is 0 Å². The van der Waals surface area contributed by atoms with Gasteiger partial charge in [0, 0.05) is 25.7 Å². The van der Waals surface area contributed by atoms with Gasteiger partial charge in [0.25, 0.3) is 0 Å². The lowest BCUT2D eigenvalue weighted by Crippen LogP contribution is -2.33. The van der Waals surface area contributed by atoms with E-state index in [0.717, 1.165) is 19.6 Å². The summed E-state index contributed by atoms with van der Waals surface area (Å²) in [7, 11) is 0. The molecule has 0 amide bonds. The maximum Gasteiger partial charge on any atom is 0.119 e. The van der Waals surface area contributed by atoms with Crippen LogP contribution in [-0.4, -0.2) is 32.8 Å². The molecule has 94 valence electrons. The lowest BCUT2D eigenvalue weighted by molar-refractivity contribution is 0.179. The zero-order valence-electron chi connectivity index (χ0n) is 10.4. The normalized spacial score (nSPS) is 18.0. The summed E-state index contributed by atoms with van der Waals surface area (Å²) < 4.78 is 2.14. The quantitative estimate of drug-likeness (QED) is 0.826. The van der Waals surface area contributed by atoms with Gasteiger partial charge in [-0.15, -0.1) is 10.2 Å². The fourth-order valence-electron chi connectivity index (χ4n) is 2.61. The third kappa shape index (κ3) is 2.59. The van der Waals surface area contributed by atoms with Crippen LogP contribution in [0.5, 0.6) is 0 Å². The van der Waals surface area contributed by atoms with E-state index in [4.69, 9.17) is 0 Å². The molecule has 1 saturated heterocycles. The van der Waals surface area contributed by atoms with Crippen LogP contribution >= 0.6 is 0 Å². The summed E-state index contributed by atoms with van der Waals surface area (Å²) in [6, 6.07) is 11.3. The second-order valence-corrected chi connectivity index (χ2v) is 4.90. The Bertz CT molecular complexity index is 458. The second-order valence-electron chi connectivity index (χ2n) is 4.90. The van der Waals surface area contributed by atoms with Gasteiger partial charge < -0.3 is 4.57 Å². The number of aromatic nitrogens is 3. The van der Waals surface area contributed by atoms with Gasteiger partial charge in [-0.3, -0.25) is 4.90 Å². The summed E-state index contributed by atoms with van der Waals surface area (Å²) in [4.78, 5) is 2.52. The molecule has 3 rings (SSSR count). The molecular weight excluding hydrogens is 224 g/mol. The van der Waals surface area contributed by atoms with E-state index in [-0.39, 0.29) is 0 Å². The summed E-state index contributed by atoms with van der Waals surface area (Å²) in [5, 5.41) is 7.77. The van der Waals surface area contributed by atoms with Crippen LogP contribution in [0.2, 0.25) is 0 Å². The molecule has 18 heavy (non-hydrogen) atoms. The summed E-state index contributed by atoms with van der Waals surface area (Å²) in [5.41, 5.74) is 1.40. The van der Waals surface area contributed by atoms with Crippen LogP contribution in [0.25, 0.3) is 0 Å². The molecule has 1 aliphatic rings. The van der Waals surface area contributed by atoms with Gasteiger partial charge >= 0.3 is 0 Å². The van der Waals surface area contributed by atoms with E-state index in [1.807, 2.05) is 12.7 Å². The average molecular weight is 242 g/mol. The smallest absolute Gasteiger partial charge is 0.119 e. The van der Waals surface area contributed by atoms with Gasteiger partial charge in [0.05, 0.1) is 0 Å². The number of rotatable bonds is 3.